The Bertz CT molecular complexity index is 382. The van der Waals surface area contributed by atoms with Crippen molar-refractivity contribution in [2.75, 3.05) is 0 Å². The predicted octanol–water partition coefficient (Wildman–Crippen LogP) is -0.0775. The Morgan fingerprint density at radius 3 is 2.75 bits per heavy atom. The van der Waals surface area contributed by atoms with E-state index in [1.165, 1.54) is 0 Å². The molecule has 3 heteroatoms. The second kappa shape index (κ2) is 3.90. The number of hydrogen-bond donors (Lipinski definition) is 0. The zero-order valence-corrected chi connectivity index (χ0v) is 8.91. The molecule has 0 aliphatic carbocycles. The molecule has 1 aromatic carbocycles. The Labute approximate surface area is 93.1 Å². The fourth-order valence-corrected chi connectivity index (χ4v) is 1.12. The van der Waals surface area contributed by atoms with E-state index in [9.17, 15) is 0 Å². The van der Waals surface area contributed by atoms with Gasteiger partial charge in [0.25, 0.3) is 0 Å². The van der Waals surface area contributed by atoms with Crippen LogP contribution in [0.2, 0.25) is 0 Å². The molecule has 0 aliphatic rings. The van der Waals surface area contributed by atoms with Crippen molar-refractivity contribution in [3.63, 3.8) is 0 Å². The first-order valence-electron chi connectivity index (χ1n) is 3.42. The molecule has 0 unspecified atom stereocenters. The minimum atomic E-state index is 0. The first-order chi connectivity index (χ1) is 5.38. The van der Waals surface area contributed by atoms with Crippen LogP contribution in [0.15, 0.2) is 36.7 Å². The Balaban J connectivity index is 0.000000720. The maximum atomic E-state index is 7.54. The van der Waals surface area contributed by atoms with Crippen LogP contribution in [0.5, 0.6) is 0 Å². The Morgan fingerprint density at radius 1 is 1.17 bits per heavy atom. The number of aromatic nitrogens is 1. The van der Waals surface area contributed by atoms with E-state index in [2.05, 4.69) is 4.98 Å². The summed E-state index contributed by atoms with van der Waals surface area (Å²) in [5.41, 5.74) is 8.10. The summed E-state index contributed by atoms with van der Waals surface area (Å²) in [5.74, 6) is 0. The summed E-state index contributed by atoms with van der Waals surface area (Å²) >= 11 is 0. The Kier molecular flexibility index (Phi) is 3.09. The van der Waals surface area contributed by atoms with Gasteiger partial charge in [0.05, 0.1) is 0 Å². The Hall–Kier alpha value is -0.570. The first kappa shape index (κ1) is 9.52. The topological polar surface area (TPSA) is 36.7 Å². The van der Waals surface area contributed by atoms with E-state index in [4.69, 9.17) is 5.73 Å². The van der Waals surface area contributed by atoms with Crippen molar-refractivity contribution >= 4 is 16.5 Å². The fourth-order valence-electron chi connectivity index (χ4n) is 1.12. The van der Waals surface area contributed by atoms with E-state index >= 15 is 0 Å². The molecule has 0 saturated carbocycles. The van der Waals surface area contributed by atoms with Crippen molar-refractivity contribution in [2.24, 2.45) is 0 Å². The molecular weight excluding hydrogens is 159 g/mol. The van der Waals surface area contributed by atoms with E-state index in [0.29, 0.717) is 5.69 Å². The third-order valence-corrected chi connectivity index (χ3v) is 1.68. The number of pyridine rings is 1. The van der Waals surface area contributed by atoms with E-state index in [-0.39, 0.29) is 29.6 Å². The number of hydrogen-bond acceptors (Lipinski definition) is 1. The van der Waals surface area contributed by atoms with Crippen LogP contribution in [-0.4, -0.2) is 4.98 Å². The van der Waals surface area contributed by atoms with Crippen molar-refractivity contribution in [1.29, 1.82) is 0 Å². The molecule has 2 aromatic rings. The molecular formula is C9H7N2Na. The zero-order valence-electron chi connectivity index (χ0n) is 6.91. The van der Waals surface area contributed by atoms with Gasteiger partial charge >= 0.3 is 29.6 Å². The van der Waals surface area contributed by atoms with Crippen LogP contribution >= 0.6 is 0 Å². The van der Waals surface area contributed by atoms with E-state index < -0.39 is 0 Å². The number of nitrogens with zero attached hydrogens (tertiary/aromatic N) is 1. The van der Waals surface area contributed by atoms with Gasteiger partial charge in [-0.05, 0) is 16.8 Å². The van der Waals surface area contributed by atoms with Crippen molar-refractivity contribution in [3.05, 3.63) is 42.4 Å². The summed E-state index contributed by atoms with van der Waals surface area (Å²) in [6.45, 7) is 0. The fraction of sp³-hybridized carbons (Fsp3) is 0. The molecule has 0 saturated heterocycles. The normalized spacial score (nSPS) is 9.33. The number of rotatable bonds is 0. The van der Waals surface area contributed by atoms with Gasteiger partial charge in [-0.1, -0.05) is 18.2 Å². The largest absolute Gasteiger partial charge is 1.00 e. The summed E-state index contributed by atoms with van der Waals surface area (Å²) in [7, 11) is 0. The summed E-state index contributed by atoms with van der Waals surface area (Å²) in [5, 5.41) is 1.99. The molecule has 2 rings (SSSR count). The van der Waals surface area contributed by atoms with Gasteiger partial charge in [0.1, 0.15) is 0 Å². The van der Waals surface area contributed by atoms with Crippen LogP contribution in [0.25, 0.3) is 16.5 Å². The average molecular weight is 166 g/mol. The maximum Gasteiger partial charge on any atom is 1.00 e. The summed E-state index contributed by atoms with van der Waals surface area (Å²) in [4.78, 5) is 3.97. The van der Waals surface area contributed by atoms with Crippen LogP contribution in [-0.2, 0) is 0 Å². The average Bonchev–Trinajstić information content (AvgIpc) is 2.06. The Morgan fingerprint density at radius 2 is 2.00 bits per heavy atom. The molecule has 1 N–H and O–H groups in total. The van der Waals surface area contributed by atoms with Crippen LogP contribution < -0.4 is 29.6 Å². The molecule has 54 valence electrons. The standard InChI is InChI=1S/C9H7N2.Na/c10-9-3-1-2-7-6-11-5-4-8(7)9;/h1-6,10H;/q-1;+1. The monoisotopic (exact) mass is 166 g/mol. The third kappa shape index (κ3) is 1.61. The van der Waals surface area contributed by atoms with Gasteiger partial charge in [-0.2, -0.15) is 0 Å². The van der Waals surface area contributed by atoms with Crippen molar-refractivity contribution < 1.29 is 29.6 Å². The molecule has 0 aliphatic heterocycles. The quantitative estimate of drug-likeness (QED) is 0.504. The molecule has 0 radical (unpaired) electrons. The van der Waals surface area contributed by atoms with Crippen LogP contribution in [0.1, 0.15) is 0 Å². The van der Waals surface area contributed by atoms with Gasteiger partial charge in [-0.3, -0.25) is 4.98 Å². The molecule has 0 amide bonds. The minimum absolute atomic E-state index is 0. The van der Waals surface area contributed by atoms with E-state index in [1.54, 1.807) is 18.5 Å². The van der Waals surface area contributed by atoms with E-state index in [0.717, 1.165) is 10.8 Å². The summed E-state index contributed by atoms with van der Waals surface area (Å²) in [6.07, 6.45) is 3.48. The van der Waals surface area contributed by atoms with Gasteiger partial charge in [0, 0.05) is 12.4 Å². The van der Waals surface area contributed by atoms with Crippen molar-refractivity contribution in [3.8, 4) is 0 Å². The molecule has 0 fully saturated rings. The van der Waals surface area contributed by atoms with Crippen LogP contribution in [0, 0.1) is 0 Å². The molecule has 0 bridgehead atoms. The predicted molar refractivity (Wildman–Crippen MR) is 45.7 cm³/mol. The second-order valence-corrected chi connectivity index (χ2v) is 2.40. The van der Waals surface area contributed by atoms with Crippen molar-refractivity contribution in [2.45, 2.75) is 0 Å². The van der Waals surface area contributed by atoms with E-state index in [1.807, 2.05) is 18.2 Å². The van der Waals surface area contributed by atoms with Gasteiger partial charge in [-0.25, -0.2) is 0 Å². The third-order valence-electron chi connectivity index (χ3n) is 1.68. The SMILES string of the molecule is [NH-]c1cccc2cnccc12.[Na+]. The zero-order chi connectivity index (χ0) is 7.68. The molecule has 0 spiro atoms. The van der Waals surface area contributed by atoms with Gasteiger partial charge < -0.3 is 5.73 Å². The van der Waals surface area contributed by atoms with Gasteiger partial charge in [0.2, 0.25) is 0 Å². The molecule has 1 aromatic heterocycles. The molecule has 12 heavy (non-hydrogen) atoms. The number of benzene rings is 1. The molecule has 1 heterocycles. The molecule has 2 nitrogen and oxygen atoms in total. The minimum Gasteiger partial charge on any atom is -0.698 e. The van der Waals surface area contributed by atoms with Gasteiger partial charge in [-0.15, -0.1) is 5.69 Å². The smallest absolute Gasteiger partial charge is 0.698 e. The second-order valence-electron chi connectivity index (χ2n) is 2.40. The van der Waals surface area contributed by atoms with Gasteiger partial charge in [0.15, 0.2) is 0 Å². The van der Waals surface area contributed by atoms with Crippen molar-refractivity contribution in [1.82, 2.24) is 4.98 Å². The number of nitrogens with one attached hydrogen (secondary N) is 1. The van der Waals surface area contributed by atoms with Crippen LogP contribution in [0.4, 0.5) is 5.69 Å². The summed E-state index contributed by atoms with van der Waals surface area (Å²) in [6, 6.07) is 7.46. The molecule has 0 atom stereocenters. The van der Waals surface area contributed by atoms with Crippen LogP contribution in [0.3, 0.4) is 0 Å². The summed E-state index contributed by atoms with van der Waals surface area (Å²) < 4.78 is 0. The number of fused-ring (bicyclic) bond motifs is 1. The maximum absolute atomic E-state index is 7.54. The first-order valence-corrected chi connectivity index (χ1v) is 3.42.